The van der Waals surface area contributed by atoms with E-state index in [1.807, 2.05) is 30.5 Å². The average Bonchev–Trinajstić information content (AvgIpc) is 2.68. The molecule has 0 aliphatic rings. The van der Waals surface area contributed by atoms with Gasteiger partial charge in [-0.2, -0.15) is 0 Å². The molecular formula is C12H15N3. The van der Waals surface area contributed by atoms with Crippen LogP contribution in [0.2, 0.25) is 0 Å². The molecule has 1 aromatic carbocycles. The predicted octanol–water partition coefficient (Wildman–Crippen LogP) is 2.78. The normalized spacial score (nSPS) is 10.9. The van der Waals surface area contributed by atoms with Crippen molar-refractivity contribution in [2.45, 2.75) is 19.8 Å². The fraction of sp³-hybridized carbons (Fsp3) is 0.250. The van der Waals surface area contributed by atoms with Gasteiger partial charge in [0, 0.05) is 11.6 Å². The van der Waals surface area contributed by atoms with Crippen LogP contribution in [0.5, 0.6) is 0 Å². The molecule has 2 rings (SSSR count). The van der Waals surface area contributed by atoms with Crippen LogP contribution in [-0.2, 0) is 0 Å². The number of imidazole rings is 1. The van der Waals surface area contributed by atoms with E-state index in [0.717, 1.165) is 22.8 Å². The maximum absolute atomic E-state index is 5.63. The molecular weight excluding hydrogens is 186 g/mol. The van der Waals surface area contributed by atoms with E-state index >= 15 is 0 Å². The monoisotopic (exact) mass is 201 g/mol. The lowest BCUT2D eigenvalue weighted by Gasteiger charge is -2.00. The van der Waals surface area contributed by atoms with Crippen LogP contribution < -0.4 is 5.73 Å². The van der Waals surface area contributed by atoms with Crippen molar-refractivity contribution in [1.82, 2.24) is 9.97 Å². The third kappa shape index (κ3) is 2.01. The molecule has 15 heavy (non-hydrogen) atoms. The molecule has 0 unspecified atom stereocenters. The molecule has 2 aromatic rings. The van der Waals surface area contributed by atoms with Crippen LogP contribution >= 0.6 is 0 Å². The van der Waals surface area contributed by atoms with Crippen LogP contribution in [0.1, 0.15) is 25.6 Å². The number of nitrogens with one attached hydrogen (secondary N) is 1. The first kappa shape index (κ1) is 9.77. The Morgan fingerprint density at radius 1 is 1.20 bits per heavy atom. The molecule has 3 N–H and O–H groups in total. The number of rotatable bonds is 2. The minimum atomic E-state index is 0.424. The van der Waals surface area contributed by atoms with Gasteiger partial charge in [-0.15, -0.1) is 0 Å². The summed E-state index contributed by atoms with van der Waals surface area (Å²) in [6, 6.07) is 7.77. The van der Waals surface area contributed by atoms with Crippen molar-refractivity contribution in [3.63, 3.8) is 0 Å². The summed E-state index contributed by atoms with van der Waals surface area (Å²) in [5, 5.41) is 0. The SMILES string of the molecule is CC(C)c1ncc(-c2ccc(N)cc2)[nH]1. The van der Waals surface area contributed by atoms with Gasteiger partial charge < -0.3 is 10.7 Å². The van der Waals surface area contributed by atoms with E-state index in [9.17, 15) is 0 Å². The van der Waals surface area contributed by atoms with Crippen molar-refractivity contribution >= 4 is 5.69 Å². The Morgan fingerprint density at radius 2 is 1.87 bits per heavy atom. The average molecular weight is 201 g/mol. The minimum absolute atomic E-state index is 0.424. The number of nitrogens with two attached hydrogens (primary N) is 1. The summed E-state index contributed by atoms with van der Waals surface area (Å²) in [6.07, 6.45) is 1.86. The summed E-state index contributed by atoms with van der Waals surface area (Å²) in [5.74, 6) is 1.44. The van der Waals surface area contributed by atoms with Gasteiger partial charge >= 0.3 is 0 Å². The fourth-order valence-corrected chi connectivity index (χ4v) is 1.44. The first-order valence-corrected chi connectivity index (χ1v) is 5.07. The zero-order valence-electron chi connectivity index (χ0n) is 8.99. The third-order valence-electron chi connectivity index (χ3n) is 2.36. The molecule has 1 aromatic heterocycles. The van der Waals surface area contributed by atoms with Crippen molar-refractivity contribution in [3.8, 4) is 11.3 Å². The van der Waals surface area contributed by atoms with Crippen LogP contribution in [0.15, 0.2) is 30.5 Å². The van der Waals surface area contributed by atoms with Crippen molar-refractivity contribution in [1.29, 1.82) is 0 Å². The second-order valence-corrected chi connectivity index (χ2v) is 3.96. The van der Waals surface area contributed by atoms with Crippen molar-refractivity contribution < 1.29 is 0 Å². The number of benzene rings is 1. The number of hydrogen-bond donors (Lipinski definition) is 2. The quantitative estimate of drug-likeness (QED) is 0.734. The number of nitrogen functional groups attached to an aromatic ring is 1. The number of aromatic nitrogens is 2. The highest BCUT2D eigenvalue weighted by molar-refractivity contribution is 5.61. The Bertz CT molecular complexity index is 440. The Balaban J connectivity index is 2.33. The minimum Gasteiger partial charge on any atom is -0.399 e. The largest absolute Gasteiger partial charge is 0.399 e. The lowest BCUT2D eigenvalue weighted by molar-refractivity contribution is 0.795. The van der Waals surface area contributed by atoms with Crippen molar-refractivity contribution in [2.24, 2.45) is 0 Å². The maximum atomic E-state index is 5.63. The summed E-state index contributed by atoms with van der Waals surface area (Å²) in [4.78, 5) is 7.62. The molecule has 0 spiro atoms. The van der Waals surface area contributed by atoms with E-state index in [0.29, 0.717) is 5.92 Å². The zero-order valence-corrected chi connectivity index (χ0v) is 8.99. The molecule has 3 nitrogen and oxygen atoms in total. The number of aromatic amines is 1. The summed E-state index contributed by atoms with van der Waals surface area (Å²) in [5.41, 5.74) is 8.57. The topological polar surface area (TPSA) is 54.7 Å². The number of anilines is 1. The van der Waals surface area contributed by atoms with Crippen LogP contribution in [0, 0.1) is 0 Å². The molecule has 3 heteroatoms. The molecule has 0 amide bonds. The smallest absolute Gasteiger partial charge is 0.109 e. The van der Waals surface area contributed by atoms with E-state index in [4.69, 9.17) is 5.73 Å². The van der Waals surface area contributed by atoms with Crippen molar-refractivity contribution in [3.05, 3.63) is 36.3 Å². The molecule has 0 saturated carbocycles. The second-order valence-electron chi connectivity index (χ2n) is 3.96. The van der Waals surface area contributed by atoms with Gasteiger partial charge in [-0.1, -0.05) is 26.0 Å². The van der Waals surface area contributed by atoms with Gasteiger partial charge in [-0.05, 0) is 17.7 Å². The Kier molecular flexibility index (Phi) is 2.46. The predicted molar refractivity (Wildman–Crippen MR) is 62.5 cm³/mol. The summed E-state index contributed by atoms with van der Waals surface area (Å²) >= 11 is 0. The van der Waals surface area contributed by atoms with Gasteiger partial charge in [-0.25, -0.2) is 4.98 Å². The van der Waals surface area contributed by atoms with E-state index in [1.165, 1.54) is 0 Å². The molecule has 0 saturated heterocycles. The second kappa shape index (κ2) is 3.77. The van der Waals surface area contributed by atoms with Crippen LogP contribution in [0.3, 0.4) is 0 Å². The van der Waals surface area contributed by atoms with Crippen LogP contribution in [-0.4, -0.2) is 9.97 Å². The maximum Gasteiger partial charge on any atom is 0.109 e. The van der Waals surface area contributed by atoms with Gasteiger partial charge in [0.15, 0.2) is 0 Å². The highest BCUT2D eigenvalue weighted by Crippen LogP contribution is 2.20. The van der Waals surface area contributed by atoms with E-state index < -0.39 is 0 Å². The number of H-pyrrole nitrogens is 1. The van der Waals surface area contributed by atoms with Crippen molar-refractivity contribution in [2.75, 3.05) is 5.73 Å². The number of nitrogens with zero attached hydrogens (tertiary/aromatic N) is 1. The molecule has 1 heterocycles. The Morgan fingerprint density at radius 3 is 2.40 bits per heavy atom. The standard InChI is InChI=1S/C12H15N3/c1-8(2)12-14-7-11(15-12)9-3-5-10(13)6-4-9/h3-8H,13H2,1-2H3,(H,14,15). The van der Waals surface area contributed by atoms with Gasteiger partial charge in [0.2, 0.25) is 0 Å². The number of hydrogen-bond acceptors (Lipinski definition) is 2. The first-order valence-electron chi connectivity index (χ1n) is 5.07. The van der Waals surface area contributed by atoms with Gasteiger partial charge in [0.25, 0.3) is 0 Å². The lowest BCUT2D eigenvalue weighted by atomic mass is 10.1. The molecule has 78 valence electrons. The van der Waals surface area contributed by atoms with Gasteiger partial charge in [0.1, 0.15) is 5.82 Å². The third-order valence-corrected chi connectivity index (χ3v) is 2.36. The zero-order chi connectivity index (χ0) is 10.8. The lowest BCUT2D eigenvalue weighted by Crippen LogP contribution is -1.89. The highest BCUT2D eigenvalue weighted by Gasteiger charge is 2.05. The van der Waals surface area contributed by atoms with Gasteiger partial charge in [-0.3, -0.25) is 0 Å². The highest BCUT2D eigenvalue weighted by atomic mass is 14.9. The van der Waals surface area contributed by atoms with Gasteiger partial charge in [0.05, 0.1) is 11.9 Å². The molecule has 0 aliphatic carbocycles. The van der Waals surface area contributed by atoms with E-state index in [1.54, 1.807) is 0 Å². The van der Waals surface area contributed by atoms with Crippen LogP contribution in [0.25, 0.3) is 11.3 Å². The summed E-state index contributed by atoms with van der Waals surface area (Å²) in [6.45, 7) is 4.23. The Hall–Kier alpha value is -1.77. The molecule has 0 radical (unpaired) electrons. The summed E-state index contributed by atoms with van der Waals surface area (Å²) in [7, 11) is 0. The molecule has 0 bridgehead atoms. The molecule has 0 fully saturated rings. The van der Waals surface area contributed by atoms with E-state index in [-0.39, 0.29) is 0 Å². The summed E-state index contributed by atoms with van der Waals surface area (Å²) < 4.78 is 0. The van der Waals surface area contributed by atoms with E-state index in [2.05, 4.69) is 23.8 Å². The van der Waals surface area contributed by atoms with Crippen LogP contribution in [0.4, 0.5) is 5.69 Å². The first-order chi connectivity index (χ1) is 7.16. The Labute approximate surface area is 89.4 Å². The molecule has 0 aliphatic heterocycles. The molecule has 0 atom stereocenters. The fourth-order valence-electron chi connectivity index (χ4n) is 1.44.